The normalized spacial score (nSPS) is 15.7. The summed E-state index contributed by atoms with van der Waals surface area (Å²) in [6.07, 6.45) is 0. The monoisotopic (exact) mass is 778 g/mol. The summed E-state index contributed by atoms with van der Waals surface area (Å²) in [7, 11) is 0. The second-order valence-electron chi connectivity index (χ2n) is 17.4. The highest BCUT2D eigenvalue weighted by Gasteiger charge is 2.41. The van der Waals surface area contributed by atoms with E-state index in [9.17, 15) is 0 Å². The number of nitrogens with zero attached hydrogens (tertiary/aromatic N) is 2. The fourth-order valence-electron chi connectivity index (χ4n) is 10.7. The van der Waals surface area contributed by atoms with Crippen LogP contribution in [0.3, 0.4) is 0 Å². The second-order valence-corrected chi connectivity index (χ2v) is 17.4. The lowest BCUT2D eigenvalue weighted by atomic mass is 9.74. The molecule has 2 aliphatic rings. The van der Waals surface area contributed by atoms with Gasteiger partial charge in [-0.15, -0.1) is 0 Å². The molecule has 0 bridgehead atoms. The molecule has 1 unspecified atom stereocenters. The molecule has 1 aromatic heterocycles. The minimum absolute atomic E-state index is 0.158. The highest BCUT2D eigenvalue weighted by molar-refractivity contribution is 6.06. The summed E-state index contributed by atoms with van der Waals surface area (Å²) in [6.45, 7) is 7.08. The lowest BCUT2D eigenvalue weighted by Crippen LogP contribution is -2.22. The van der Waals surface area contributed by atoms with Crippen molar-refractivity contribution in [1.82, 2.24) is 9.97 Å². The molecule has 0 amide bonds. The first-order valence-electron chi connectivity index (χ1n) is 21.3. The van der Waals surface area contributed by atoms with Gasteiger partial charge in [0.25, 0.3) is 0 Å². The third kappa shape index (κ3) is 5.28. The molecule has 2 nitrogen and oxygen atoms in total. The van der Waals surface area contributed by atoms with E-state index in [1.165, 1.54) is 77.4 Å². The van der Waals surface area contributed by atoms with Crippen LogP contribution in [0.25, 0.3) is 88.8 Å². The quantitative estimate of drug-likeness (QED) is 0.174. The van der Waals surface area contributed by atoms with Gasteiger partial charge in [0.2, 0.25) is 0 Å². The minimum Gasteiger partial charge on any atom is -0.228 e. The topological polar surface area (TPSA) is 25.8 Å². The maximum atomic E-state index is 5.38. The van der Waals surface area contributed by atoms with Crippen LogP contribution in [-0.4, -0.2) is 9.97 Å². The van der Waals surface area contributed by atoms with Gasteiger partial charge in [-0.05, 0) is 114 Å². The average molecular weight is 779 g/mol. The number of hydrogen-bond donors (Lipinski definition) is 0. The van der Waals surface area contributed by atoms with Crippen molar-refractivity contribution in [3.05, 3.63) is 228 Å². The third-order valence-corrected chi connectivity index (χ3v) is 13.8. The number of aromatic nitrogens is 2. The summed E-state index contributed by atoms with van der Waals surface area (Å²) in [5, 5.41) is 4.87. The Kier molecular flexibility index (Phi) is 7.74. The Balaban J connectivity index is 1.04. The van der Waals surface area contributed by atoms with Gasteiger partial charge >= 0.3 is 0 Å². The number of hydrogen-bond acceptors (Lipinski definition) is 2. The summed E-state index contributed by atoms with van der Waals surface area (Å²) < 4.78 is 0. The first kappa shape index (κ1) is 35.5. The predicted molar refractivity (Wildman–Crippen MR) is 254 cm³/mol. The zero-order valence-corrected chi connectivity index (χ0v) is 34.4. The Morgan fingerprint density at radius 2 is 0.934 bits per heavy atom. The van der Waals surface area contributed by atoms with Crippen molar-refractivity contribution in [3.63, 3.8) is 0 Å². The van der Waals surface area contributed by atoms with Crippen molar-refractivity contribution in [2.45, 2.75) is 31.6 Å². The Morgan fingerprint density at radius 1 is 0.344 bits per heavy atom. The molecule has 2 aliphatic carbocycles. The van der Waals surface area contributed by atoms with Gasteiger partial charge in [0.05, 0.1) is 11.4 Å². The van der Waals surface area contributed by atoms with Crippen molar-refractivity contribution in [1.29, 1.82) is 0 Å². The van der Waals surface area contributed by atoms with Crippen LogP contribution >= 0.6 is 0 Å². The molecule has 0 saturated carbocycles. The van der Waals surface area contributed by atoms with E-state index < -0.39 is 0 Å². The number of rotatable bonds is 5. The van der Waals surface area contributed by atoms with Crippen molar-refractivity contribution >= 4 is 21.5 Å². The highest BCUT2D eigenvalue weighted by Crippen LogP contribution is 2.55. The van der Waals surface area contributed by atoms with Gasteiger partial charge in [0.15, 0.2) is 5.82 Å². The van der Waals surface area contributed by atoms with Crippen LogP contribution in [0.15, 0.2) is 200 Å². The molecule has 10 aromatic rings. The maximum absolute atomic E-state index is 5.38. The van der Waals surface area contributed by atoms with Crippen molar-refractivity contribution < 1.29 is 0 Å². The fourth-order valence-corrected chi connectivity index (χ4v) is 10.7. The molecule has 0 saturated heterocycles. The lowest BCUT2D eigenvalue weighted by Gasteiger charge is -2.28. The molecule has 61 heavy (non-hydrogen) atoms. The Bertz CT molecular complexity index is 3400. The van der Waals surface area contributed by atoms with Crippen molar-refractivity contribution in [2.75, 3.05) is 0 Å². The predicted octanol–water partition coefficient (Wildman–Crippen LogP) is 15.1. The molecule has 9 aromatic carbocycles. The van der Waals surface area contributed by atoms with E-state index in [1.54, 1.807) is 0 Å². The molecule has 0 fully saturated rings. The van der Waals surface area contributed by atoms with Crippen LogP contribution in [0, 0.1) is 0 Å². The Hall–Kier alpha value is -7.42. The minimum atomic E-state index is -0.233. The summed E-state index contributed by atoms with van der Waals surface area (Å²) in [6, 6.07) is 73.2. The van der Waals surface area contributed by atoms with Crippen molar-refractivity contribution in [2.24, 2.45) is 0 Å². The Morgan fingerprint density at radius 3 is 1.72 bits per heavy atom. The second kappa shape index (κ2) is 13.3. The van der Waals surface area contributed by atoms with E-state index in [4.69, 9.17) is 9.97 Å². The van der Waals surface area contributed by atoms with Gasteiger partial charge in [0, 0.05) is 27.5 Å². The SMILES string of the molecule is CC1(C)c2cc3ccccc3cc2-c2c(-c3cc(-c4ccc(-c5ccc6c(c5)-c5ccccc5C6(C)c5ccccc5)c5ccccc45)nc(-c4ccccc4)n3)cccc21. The van der Waals surface area contributed by atoms with Crippen LogP contribution in [0.2, 0.25) is 0 Å². The first-order chi connectivity index (χ1) is 29.9. The standard InChI is InChI=1S/C59H42N2/c1-58(2)52-28-16-26-47(56(52)49-33-38-19-10-11-20-39(38)35-53(49)58)55-36-54(60-57(61-55)37-17-6-4-7-18-37)46-31-30-42(43-23-12-13-24-44(43)46)40-29-32-51-48(34-40)45-25-14-15-27-50(45)59(51,3)41-21-8-5-9-22-41/h4-36H,1-3H3. The van der Waals surface area contributed by atoms with Crippen LogP contribution in [-0.2, 0) is 10.8 Å². The van der Waals surface area contributed by atoms with Crippen LogP contribution in [0.1, 0.15) is 48.6 Å². The lowest BCUT2D eigenvalue weighted by molar-refractivity contribution is 0.661. The van der Waals surface area contributed by atoms with Gasteiger partial charge in [-0.1, -0.05) is 190 Å². The highest BCUT2D eigenvalue weighted by atomic mass is 14.9. The first-order valence-corrected chi connectivity index (χ1v) is 21.3. The smallest absolute Gasteiger partial charge is 0.160 e. The molecule has 0 spiro atoms. The van der Waals surface area contributed by atoms with E-state index in [0.29, 0.717) is 5.82 Å². The van der Waals surface area contributed by atoms with E-state index in [2.05, 4.69) is 215 Å². The largest absolute Gasteiger partial charge is 0.228 e. The van der Waals surface area contributed by atoms with Crippen LogP contribution < -0.4 is 0 Å². The van der Waals surface area contributed by atoms with Gasteiger partial charge in [-0.2, -0.15) is 0 Å². The van der Waals surface area contributed by atoms with Crippen LogP contribution in [0.4, 0.5) is 0 Å². The maximum Gasteiger partial charge on any atom is 0.160 e. The summed E-state index contributed by atoms with van der Waals surface area (Å²) >= 11 is 0. The van der Waals surface area contributed by atoms with E-state index in [0.717, 1.165) is 33.5 Å². The molecule has 0 aliphatic heterocycles. The van der Waals surface area contributed by atoms with E-state index in [1.807, 2.05) is 6.07 Å². The fraction of sp³-hybridized carbons (Fsp3) is 0.0847. The number of benzene rings is 9. The van der Waals surface area contributed by atoms with Crippen LogP contribution in [0.5, 0.6) is 0 Å². The average Bonchev–Trinajstić information content (AvgIpc) is 3.71. The van der Waals surface area contributed by atoms with Crippen molar-refractivity contribution in [3.8, 4) is 67.3 Å². The van der Waals surface area contributed by atoms with E-state index in [-0.39, 0.29) is 10.8 Å². The van der Waals surface area contributed by atoms with Gasteiger partial charge in [-0.3, -0.25) is 0 Å². The molecule has 0 N–H and O–H groups in total. The van der Waals surface area contributed by atoms with E-state index >= 15 is 0 Å². The molecule has 0 radical (unpaired) electrons. The molecule has 12 rings (SSSR count). The zero-order valence-electron chi connectivity index (χ0n) is 34.4. The molecule has 288 valence electrons. The van der Waals surface area contributed by atoms with Gasteiger partial charge in [0.1, 0.15) is 0 Å². The molecule has 1 heterocycles. The summed E-state index contributed by atoms with van der Waals surface area (Å²) in [4.78, 5) is 10.7. The summed E-state index contributed by atoms with van der Waals surface area (Å²) in [5.74, 6) is 0.716. The number of fused-ring (bicyclic) bond motifs is 8. The summed E-state index contributed by atoms with van der Waals surface area (Å²) in [5.41, 5.74) is 18.9. The zero-order chi connectivity index (χ0) is 40.9. The molecular formula is C59H42N2. The van der Waals surface area contributed by atoms with Gasteiger partial charge < -0.3 is 0 Å². The third-order valence-electron chi connectivity index (χ3n) is 13.8. The Labute approximate surface area is 356 Å². The van der Waals surface area contributed by atoms with Gasteiger partial charge in [-0.25, -0.2) is 9.97 Å². The molecule has 1 atom stereocenters. The molecular weight excluding hydrogens is 737 g/mol. The molecule has 2 heteroatoms.